The number of hydrogen-bond acceptors (Lipinski definition) is 3. The minimum absolute atomic E-state index is 0.0659. The molecule has 0 bridgehead atoms. The van der Waals surface area contributed by atoms with Crippen molar-refractivity contribution in [3.05, 3.63) is 59.2 Å². The SMILES string of the molecule is COc1cc2c(cc1OC)C(=O)C(F)(Cc1ccccc1)C2. The molecule has 0 saturated heterocycles. The van der Waals surface area contributed by atoms with Crippen molar-refractivity contribution in [1.82, 2.24) is 0 Å². The van der Waals surface area contributed by atoms with Gasteiger partial charge in [-0.15, -0.1) is 0 Å². The summed E-state index contributed by atoms with van der Waals surface area (Å²) >= 11 is 0. The van der Waals surface area contributed by atoms with Crippen LogP contribution in [-0.4, -0.2) is 25.7 Å². The summed E-state index contributed by atoms with van der Waals surface area (Å²) in [5.41, 5.74) is -0.0385. The Balaban J connectivity index is 1.96. The molecule has 1 aliphatic carbocycles. The minimum atomic E-state index is -1.90. The van der Waals surface area contributed by atoms with Crippen LogP contribution >= 0.6 is 0 Å². The zero-order chi connectivity index (χ0) is 15.7. The molecule has 3 rings (SSSR count). The second-order valence-corrected chi connectivity index (χ2v) is 5.50. The summed E-state index contributed by atoms with van der Waals surface area (Å²) in [6.07, 6.45) is 0.141. The van der Waals surface area contributed by atoms with Crippen LogP contribution in [0.1, 0.15) is 21.5 Å². The highest BCUT2D eigenvalue weighted by atomic mass is 19.1. The van der Waals surface area contributed by atoms with E-state index in [1.54, 1.807) is 12.1 Å². The number of benzene rings is 2. The van der Waals surface area contributed by atoms with Crippen LogP contribution in [0, 0.1) is 0 Å². The number of carbonyl (C=O) groups excluding carboxylic acids is 1. The van der Waals surface area contributed by atoms with Gasteiger partial charge in [0.05, 0.1) is 14.2 Å². The van der Waals surface area contributed by atoms with Crippen molar-refractivity contribution >= 4 is 5.78 Å². The Kier molecular flexibility index (Phi) is 3.61. The molecule has 0 amide bonds. The average Bonchev–Trinajstić information content (AvgIpc) is 2.77. The Morgan fingerprint density at radius 1 is 1.09 bits per heavy atom. The van der Waals surface area contributed by atoms with E-state index >= 15 is 4.39 Å². The van der Waals surface area contributed by atoms with Crippen LogP contribution in [0.3, 0.4) is 0 Å². The third-order valence-electron chi connectivity index (χ3n) is 4.06. The van der Waals surface area contributed by atoms with Crippen molar-refractivity contribution in [3.8, 4) is 11.5 Å². The fourth-order valence-electron chi connectivity index (χ4n) is 2.96. The molecule has 1 atom stereocenters. The topological polar surface area (TPSA) is 35.5 Å². The zero-order valence-electron chi connectivity index (χ0n) is 12.6. The van der Waals surface area contributed by atoms with E-state index in [1.807, 2.05) is 30.3 Å². The molecular formula is C18H17FO3. The summed E-state index contributed by atoms with van der Waals surface area (Å²) in [4.78, 5) is 12.5. The van der Waals surface area contributed by atoms with Crippen LogP contribution in [0.4, 0.5) is 4.39 Å². The van der Waals surface area contributed by atoms with E-state index < -0.39 is 11.5 Å². The third kappa shape index (κ3) is 2.34. The quantitative estimate of drug-likeness (QED) is 0.868. The molecule has 4 heteroatoms. The van der Waals surface area contributed by atoms with Gasteiger partial charge < -0.3 is 9.47 Å². The standard InChI is InChI=1S/C18H17FO3/c1-21-15-8-13-11-18(19,10-12-6-4-3-5-7-12)17(20)14(13)9-16(15)22-2/h3-9H,10-11H2,1-2H3. The van der Waals surface area contributed by atoms with E-state index in [2.05, 4.69) is 0 Å². The first-order chi connectivity index (χ1) is 10.6. The Morgan fingerprint density at radius 2 is 1.73 bits per heavy atom. The summed E-state index contributed by atoms with van der Waals surface area (Å²) in [6, 6.07) is 12.5. The Hall–Kier alpha value is -2.36. The molecule has 0 fully saturated rings. The number of alkyl halides is 1. The molecule has 0 radical (unpaired) electrons. The highest BCUT2D eigenvalue weighted by molar-refractivity contribution is 6.07. The van der Waals surface area contributed by atoms with Gasteiger partial charge in [-0.1, -0.05) is 30.3 Å². The monoisotopic (exact) mass is 300 g/mol. The Labute approximate surface area is 128 Å². The van der Waals surface area contributed by atoms with Crippen molar-refractivity contribution in [3.63, 3.8) is 0 Å². The maximum atomic E-state index is 15.2. The van der Waals surface area contributed by atoms with Crippen molar-refractivity contribution in [2.45, 2.75) is 18.5 Å². The highest BCUT2D eigenvalue weighted by Gasteiger charge is 2.46. The Morgan fingerprint density at radius 3 is 2.36 bits per heavy atom. The van der Waals surface area contributed by atoms with Gasteiger partial charge in [0.25, 0.3) is 0 Å². The number of ketones is 1. The fourth-order valence-corrected chi connectivity index (χ4v) is 2.96. The number of methoxy groups -OCH3 is 2. The predicted molar refractivity (Wildman–Crippen MR) is 81.6 cm³/mol. The molecule has 114 valence electrons. The number of carbonyl (C=O) groups is 1. The van der Waals surface area contributed by atoms with Crippen LogP contribution < -0.4 is 9.47 Å². The van der Waals surface area contributed by atoms with Gasteiger partial charge >= 0.3 is 0 Å². The lowest BCUT2D eigenvalue weighted by atomic mass is 9.92. The van der Waals surface area contributed by atoms with Gasteiger partial charge in [-0.05, 0) is 23.3 Å². The smallest absolute Gasteiger partial charge is 0.201 e. The third-order valence-corrected chi connectivity index (χ3v) is 4.06. The molecular weight excluding hydrogens is 283 g/mol. The molecule has 2 aromatic rings. The first kappa shape index (κ1) is 14.6. The molecule has 22 heavy (non-hydrogen) atoms. The number of ether oxygens (including phenoxy) is 2. The number of rotatable bonds is 4. The summed E-state index contributed by atoms with van der Waals surface area (Å²) in [5.74, 6) is 0.476. The van der Waals surface area contributed by atoms with Crippen LogP contribution in [0.5, 0.6) is 11.5 Å². The summed E-state index contributed by atoms with van der Waals surface area (Å²) < 4.78 is 25.6. The van der Waals surface area contributed by atoms with Crippen LogP contribution in [0.15, 0.2) is 42.5 Å². The molecule has 2 aromatic carbocycles. The van der Waals surface area contributed by atoms with E-state index in [1.165, 1.54) is 14.2 Å². The number of halogens is 1. The lowest BCUT2D eigenvalue weighted by Gasteiger charge is -2.17. The first-order valence-corrected chi connectivity index (χ1v) is 7.10. The first-order valence-electron chi connectivity index (χ1n) is 7.10. The van der Waals surface area contributed by atoms with E-state index in [4.69, 9.17) is 9.47 Å². The molecule has 0 aromatic heterocycles. The van der Waals surface area contributed by atoms with E-state index in [0.29, 0.717) is 22.6 Å². The van der Waals surface area contributed by atoms with E-state index in [-0.39, 0.29) is 12.8 Å². The van der Waals surface area contributed by atoms with Gasteiger partial charge in [-0.25, -0.2) is 4.39 Å². The van der Waals surface area contributed by atoms with Gasteiger partial charge in [0.1, 0.15) is 0 Å². The minimum Gasteiger partial charge on any atom is -0.493 e. The number of hydrogen-bond donors (Lipinski definition) is 0. The zero-order valence-corrected chi connectivity index (χ0v) is 12.6. The molecule has 0 spiro atoms. The molecule has 0 N–H and O–H groups in total. The van der Waals surface area contributed by atoms with Crippen molar-refractivity contribution in [2.75, 3.05) is 14.2 Å². The average molecular weight is 300 g/mol. The molecule has 1 unspecified atom stereocenters. The largest absolute Gasteiger partial charge is 0.493 e. The summed E-state index contributed by atoms with van der Waals surface area (Å²) in [7, 11) is 3.02. The lowest BCUT2D eigenvalue weighted by Crippen LogP contribution is -2.33. The maximum Gasteiger partial charge on any atom is 0.201 e. The molecule has 0 saturated carbocycles. The second-order valence-electron chi connectivity index (χ2n) is 5.50. The summed E-state index contributed by atoms with van der Waals surface area (Å²) in [6.45, 7) is 0. The van der Waals surface area contributed by atoms with Gasteiger partial charge in [-0.3, -0.25) is 4.79 Å². The van der Waals surface area contributed by atoms with Gasteiger partial charge in [0.15, 0.2) is 17.2 Å². The van der Waals surface area contributed by atoms with Crippen LogP contribution in [-0.2, 0) is 12.8 Å². The van der Waals surface area contributed by atoms with Crippen molar-refractivity contribution in [2.24, 2.45) is 0 Å². The summed E-state index contributed by atoms with van der Waals surface area (Å²) in [5, 5.41) is 0. The number of fused-ring (bicyclic) bond motifs is 1. The van der Waals surface area contributed by atoms with E-state index in [0.717, 1.165) is 5.56 Å². The molecule has 0 heterocycles. The molecule has 0 aliphatic heterocycles. The maximum absolute atomic E-state index is 15.2. The van der Waals surface area contributed by atoms with Crippen molar-refractivity contribution in [1.29, 1.82) is 0 Å². The molecule has 3 nitrogen and oxygen atoms in total. The van der Waals surface area contributed by atoms with Crippen LogP contribution in [0.2, 0.25) is 0 Å². The van der Waals surface area contributed by atoms with Crippen LogP contribution in [0.25, 0.3) is 0 Å². The second kappa shape index (κ2) is 5.44. The van der Waals surface area contributed by atoms with Gasteiger partial charge in [-0.2, -0.15) is 0 Å². The Bertz CT molecular complexity index is 712. The fraction of sp³-hybridized carbons (Fsp3) is 0.278. The molecule has 1 aliphatic rings. The van der Waals surface area contributed by atoms with Gasteiger partial charge in [0.2, 0.25) is 5.78 Å². The normalized spacial score (nSPS) is 19.9. The van der Waals surface area contributed by atoms with E-state index in [9.17, 15) is 4.79 Å². The van der Waals surface area contributed by atoms with Crippen molar-refractivity contribution < 1.29 is 18.7 Å². The highest BCUT2D eigenvalue weighted by Crippen LogP contribution is 2.41. The number of Topliss-reactive ketones (excluding diaryl/α,β-unsaturated/α-hetero) is 1. The van der Waals surface area contributed by atoms with Gasteiger partial charge in [0, 0.05) is 18.4 Å². The predicted octanol–water partition coefficient (Wildman–Crippen LogP) is 3.39. The lowest BCUT2D eigenvalue weighted by molar-refractivity contribution is 0.0720.